The minimum Gasteiger partial charge on any atom is -0.488 e. The number of rotatable bonds is 8. The lowest BCUT2D eigenvalue weighted by atomic mass is 10.0. The van der Waals surface area contributed by atoms with E-state index in [-0.39, 0.29) is 42.8 Å². The van der Waals surface area contributed by atoms with E-state index in [9.17, 15) is 23.1 Å². The molecule has 11 heteroatoms. The third kappa shape index (κ3) is 7.28. The summed E-state index contributed by atoms with van der Waals surface area (Å²) in [5, 5.41) is 17.6. The standard InChI is InChI=1S/C34H38N4O6S/c1-23-20-38(24(2)22-39)33(40)19-26-18-27(35-34(41)36-30-15-9-11-25-10-7-8-14-29(25)30)16-17-31(26)44-32(23)21-37(3)45(42,43)28-12-5-4-6-13-28/h4-18,23-24,32,39H,19-22H2,1-3H3,(H2,35,36,41)/t23-,24-,32+/m0/s1. The summed E-state index contributed by atoms with van der Waals surface area (Å²) in [6.45, 7) is 3.73. The van der Waals surface area contributed by atoms with Crippen LogP contribution in [0.15, 0.2) is 95.9 Å². The van der Waals surface area contributed by atoms with Crippen LogP contribution in [0.5, 0.6) is 5.75 Å². The Bertz CT molecular complexity index is 1780. The van der Waals surface area contributed by atoms with E-state index in [0.29, 0.717) is 22.7 Å². The molecule has 3 amide bonds. The first-order valence-electron chi connectivity index (χ1n) is 14.8. The van der Waals surface area contributed by atoms with E-state index in [4.69, 9.17) is 4.74 Å². The molecule has 5 rings (SSSR count). The summed E-state index contributed by atoms with van der Waals surface area (Å²) in [5.74, 6) is -0.0765. The van der Waals surface area contributed by atoms with E-state index in [0.717, 1.165) is 10.8 Å². The zero-order valence-corrected chi connectivity index (χ0v) is 26.3. The van der Waals surface area contributed by atoms with E-state index in [1.807, 2.05) is 49.4 Å². The molecule has 3 N–H and O–H groups in total. The molecule has 1 aliphatic heterocycles. The maximum absolute atomic E-state index is 13.6. The molecule has 0 radical (unpaired) electrons. The second kappa shape index (κ2) is 13.7. The van der Waals surface area contributed by atoms with Gasteiger partial charge in [-0.25, -0.2) is 13.2 Å². The van der Waals surface area contributed by atoms with Crippen molar-refractivity contribution in [2.24, 2.45) is 5.92 Å². The highest BCUT2D eigenvalue weighted by Crippen LogP contribution is 2.30. The second-order valence-corrected chi connectivity index (χ2v) is 13.5. The van der Waals surface area contributed by atoms with Gasteiger partial charge in [-0.3, -0.25) is 4.79 Å². The quantitative estimate of drug-likeness (QED) is 0.253. The normalized spacial score (nSPS) is 17.9. The van der Waals surface area contributed by atoms with Crippen LogP contribution in [0.3, 0.4) is 0 Å². The molecule has 3 atom stereocenters. The zero-order valence-electron chi connectivity index (χ0n) is 25.5. The van der Waals surface area contributed by atoms with E-state index in [1.54, 1.807) is 60.4 Å². The molecule has 1 aliphatic rings. The Balaban J connectivity index is 1.41. The van der Waals surface area contributed by atoms with Gasteiger partial charge in [-0.15, -0.1) is 0 Å². The highest BCUT2D eigenvalue weighted by atomic mass is 32.2. The Hall–Kier alpha value is -4.45. The van der Waals surface area contributed by atoms with Gasteiger partial charge < -0.3 is 25.4 Å². The number of nitrogens with one attached hydrogen (secondary N) is 2. The van der Waals surface area contributed by atoms with Gasteiger partial charge in [-0.1, -0.05) is 61.5 Å². The number of aliphatic hydroxyl groups is 1. The van der Waals surface area contributed by atoms with Gasteiger partial charge >= 0.3 is 6.03 Å². The van der Waals surface area contributed by atoms with Crippen molar-refractivity contribution in [3.8, 4) is 5.75 Å². The summed E-state index contributed by atoms with van der Waals surface area (Å²) in [6, 6.07) is 25.7. The van der Waals surface area contributed by atoms with Gasteiger partial charge in [0, 0.05) is 36.1 Å². The second-order valence-electron chi connectivity index (χ2n) is 11.4. The van der Waals surface area contributed by atoms with E-state index in [1.165, 1.54) is 11.4 Å². The molecule has 0 fully saturated rings. The molecule has 0 aromatic heterocycles. The Morgan fingerprint density at radius 3 is 2.49 bits per heavy atom. The number of carbonyl (C=O) groups is 2. The predicted octanol–water partition coefficient (Wildman–Crippen LogP) is 4.95. The molecule has 1 heterocycles. The van der Waals surface area contributed by atoms with Crippen LogP contribution < -0.4 is 15.4 Å². The average molecular weight is 631 g/mol. The summed E-state index contributed by atoms with van der Waals surface area (Å²) in [4.78, 5) is 28.4. The lowest BCUT2D eigenvalue weighted by Crippen LogP contribution is -2.48. The summed E-state index contributed by atoms with van der Waals surface area (Å²) >= 11 is 0. The lowest BCUT2D eigenvalue weighted by Gasteiger charge is -2.33. The summed E-state index contributed by atoms with van der Waals surface area (Å²) in [5.41, 5.74) is 1.65. The fourth-order valence-electron chi connectivity index (χ4n) is 5.47. The van der Waals surface area contributed by atoms with E-state index < -0.39 is 28.2 Å². The van der Waals surface area contributed by atoms with E-state index >= 15 is 0 Å². The van der Waals surface area contributed by atoms with Crippen LogP contribution in [0, 0.1) is 5.92 Å². The minimum atomic E-state index is -3.80. The molecule has 236 valence electrons. The van der Waals surface area contributed by atoms with Crippen molar-refractivity contribution in [2.75, 3.05) is 37.4 Å². The van der Waals surface area contributed by atoms with E-state index in [2.05, 4.69) is 10.6 Å². The monoisotopic (exact) mass is 630 g/mol. The Morgan fingerprint density at radius 2 is 1.73 bits per heavy atom. The highest BCUT2D eigenvalue weighted by molar-refractivity contribution is 7.89. The van der Waals surface area contributed by atoms with Gasteiger partial charge in [0.25, 0.3) is 0 Å². The van der Waals surface area contributed by atoms with Crippen molar-refractivity contribution in [1.29, 1.82) is 0 Å². The van der Waals surface area contributed by atoms with Crippen molar-refractivity contribution in [2.45, 2.75) is 37.3 Å². The topological polar surface area (TPSA) is 128 Å². The zero-order chi connectivity index (χ0) is 32.1. The molecule has 0 spiro atoms. The molecule has 0 aliphatic carbocycles. The number of anilines is 2. The third-order valence-electron chi connectivity index (χ3n) is 8.10. The number of hydrogen-bond donors (Lipinski definition) is 3. The van der Waals surface area contributed by atoms with Crippen molar-refractivity contribution in [1.82, 2.24) is 9.21 Å². The lowest BCUT2D eigenvalue weighted by molar-refractivity contribution is -0.134. The molecule has 0 saturated heterocycles. The number of amides is 3. The van der Waals surface area contributed by atoms with Crippen molar-refractivity contribution >= 4 is 44.1 Å². The largest absolute Gasteiger partial charge is 0.488 e. The van der Waals surface area contributed by atoms with Gasteiger partial charge in [0.2, 0.25) is 15.9 Å². The van der Waals surface area contributed by atoms with Crippen molar-refractivity contribution < 1.29 is 27.9 Å². The van der Waals surface area contributed by atoms with Crippen LogP contribution in [0.1, 0.15) is 19.4 Å². The number of sulfonamides is 1. The van der Waals surface area contributed by atoms with Crippen molar-refractivity contribution in [3.05, 3.63) is 96.6 Å². The number of aliphatic hydroxyl groups excluding tert-OH is 1. The van der Waals surface area contributed by atoms with Crippen LogP contribution in [0.25, 0.3) is 10.8 Å². The first-order chi connectivity index (χ1) is 21.6. The van der Waals surface area contributed by atoms with Gasteiger partial charge in [0.1, 0.15) is 11.9 Å². The minimum absolute atomic E-state index is 0.0286. The van der Waals surface area contributed by atoms with Crippen LogP contribution in [-0.4, -0.2) is 73.6 Å². The number of fused-ring (bicyclic) bond motifs is 2. The molecule has 45 heavy (non-hydrogen) atoms. The molecule has 0 unspecified atom stereocenters. The maximum Gasteiger partial charge on any atom is 0.323 e. The van der Waals surface area contributed by atoms with Gasteiger partial charge in [-0.05, 0) is 48.7 Å². The average Bonchev–Trinajstić information content (AvgIpc) is 3.08. The Labute approximate surface area is 263 Å². The predicted molar refractivity (Wildman–Crippen MR) is 175 cm³/mol. The molecule has 4 aromatic rings. The van der Waals surface area contributed by atoms with Gasteiger partial charge in [0.15, 0.2) is 0 Å². The molecular weight excluding hydrogens is 592 g/mol. The molecule has 10 nitrogen and oxygen atoms in total. The molecular formula is C34H38N4O6S. The SMILES string of the molecule is C[C@H]1CN([C@@H](C)CO)C(=O)Cc2cc(NC(=O)Nc3cccc4ccccc34)ccc2O[C@@H]1CN(C)S(=O)(=O)c1ccccc1. The summed E-state index contributed by atoms with van der Waals surface area (Å²) < 4.78 is 34.4. The smallest absolute Gasteiger partial charge is 0.323 e. The van der Waals surface area contributed by atoms with Gasteiger partial charge in [0.05, 0.1) is 36.2 Å². The number of nitrogens with zero attached hydrogens (tertiary/aromatic N) is 2. The van der Waals surface area contributed by atoms with Crippen LogP contribution in [-0.2, 0) is 21.2 Å². The third-order valence-corrected chi connectivity index (χ3v) is 9.94. The number of carbonyl (C=O) groups excluding carboxylic acids is 2. The highest BCUT2D eigenvalue weighted by Gasteiger charge is 2.33. The Morgan fingerprint density at radius 1 is 1.02 bits per heavy atom. The first-order valence-corrected chi connectivity index (χ1v) is 16.3. The Kier molecular flexibility index (Phi) is 9.71. The number of urea groups is 1. The van der Waals surface area contributed by atoms with Gasteiger partial charge in [-0.2, -0.15) is 4.31 Å². The summed E-state index contributed by atoms with van der Waals surface area (Å²) in [6.07, 6.45) is -0.655. The fourth-order valence-corrected chi connectivity index (χ4v) is 6.67. The van der Waals surface area contributed by atoms with Crippen molar-refractivity contribution in [3.63, 3.8) is 0 Å². The molecule has 0 bridgehead atoms. The van der Waals surface area contributed by atoms with Crippen LogP contribution >= 0.6 is 0 Å². The van der Waals surface area contributed by atoms with Crippen LogP contribution in [0.4, 0.5) is 16.2 Å². The number of ether oxygens (including phenoxy) is 1. The van der Waals surface area contributed by atoms with Crippen LogP contribution in [0.2, 0.25) is 0 Å². The summed E-state index contributed by atoms with van der Waals surface area (Å²) in [7, 11) is -2.29. The molecule has 4 aromatic carbocycles. The first kappa shape index (κ1) is 32.0. The number of benzene rings is 4. The number of hydrogen-bond acceptors (Lipinski definition) is 6. The maximum atomic E-state index is 13.6. The molecule has 0 saturated carbocycles. The number of likely N-dealkylation sites (N-methyl/N-ethyl adjacent to an activating group) is 1. The fraction of sp³-hybridized carbons (Fsp3) is 0.294.